The first-order valence-corrected chi connectivity index (χ1v) is 15.7. The molecule has 0 spiro atoms. The van der Waals surface area contributed by atoms with Crippen LogP contribution < -0.4 is 4.74 Å². The molecule has 1 aliphatic heterocycles. The molecule has 2 rings (SSSR count). The van der Waals surface area contributed by atoms with Gasteiger partial charge in [-0.3, -0.25) is 0 Å². The highest BCUT2D eigenvalue weighted by Gasteiger charge is 2.44. The van der Waals surface area contributed by atoms with Crippen LogP contribution in [0.3, 0.4) is 0 Å². The van der Waals surface area contributed by atoms with Gasteiger partial charge in [0, 0.05) is 6.10 Å². The van der Waals surface area contributed by atoms with Crippen LogP contribution in [0.5, 0.6) is 5.75 Å². The standard InChI is InChI=1S/C29H48O5Si/c1-12-13-26-27(33-29(7,8)32-26)25(31-20-23-15-17-24(30-9)18-16-23)19-14-21(2)22(3)34-35(10,11)28(4,5)6/h12,14-19,21-22,25-27H,1,13,20H2,2-11H3/b19-14-/t21-,22+,25?,26+,27-/m1/s1. The number of benzene rings is 1. The minimum absolute atomic E-state index is 0.107. The Balaban J connectivity index is 2.20. The van der Waals surface area contributed by atoms with Crippen molar-refractivity contribution in [3.63, 3.8) is 0 Å². The maximum atomic E-state index is 6.63. The quantitative estimate of drug-likeness (QED) is 0.221. The van der Waals surface area contributed by atoms with Crippen LogP contribution in [0.15, 0.2) is 49.1 Å². The summed E-state index contributed by atoms with van der Waals surface area (Å²) in [5.41, 5.74) is 1.07. The molecule has 35 heavy (non-hydrogen) atoms. The Morgan fingerprint density at radius 3 is 2.26 bits per heavy atom. The van der Waals surface area contributed by atoms with E-state index < -0.39 is 14.1 Å². The largest absolute Gasteiger partial charge is 0.497 e. The molecule has 0 bridgehead atoms. The van der Waals surface area contributed by atoms with E-state index in [1.54, 1.807) is 7.11 Å². The van der Waals surface area contributed by atoms with Gasteiger partial charge in [-0.05, 0) is 68.9 Å². The van der Waals surface area contributed by atoms with Crippen molar-refractivity contribution in [1.82, 2.24) is 0 Å². The van der Waals surface area contributed by atoms with Crippen molar-refractivity contribution in [3.05, 3.63) is 54.6 Å². The molecule has 0 radical (unpaired) electrons. The summed E-state index contributed by atoms with van der Waals surface area (Å²) in [6.45, 7) is 24.1. The Labute approximate surface area is 215 Å². The summed E-state index contributed by atoms with van der Waals surface area (Å²) in [5.74, 6) is 0.387. The lowest BCUT2D eigenvalue weighted by Gasteiger charge is -2.39. The van der Waals surface area contributed by atoms with Crippen molar-refractivity contribution in [1.29, 1.82) is 0 Å². The molecule has 1 aromatic rings. The van der Waals surface area contributed by atoms with Gasteiger partial charge in [-0.1, -0.05) is 58.1 Å². The molecule has 1 aromatic carbocycles. The van der Waals surface area contributed by atoms with Crippen LogP contribution in [-0.2, 0) is 25.2 Å². The van der Waals surface area contributed by atoms with E-state index in [0.29, 0.717) is 13.0 Å². The summed E-state index contributed by atoms with van der Waals surface area (Å²) in [6.07, 6.45) is 6.39. The van der Waals surface area contributed by atoms with E-state index >= 15 is 0 Å². The number of ether oxygens (including phenoxy) is 4. The Morgan fingerprint density at radius 1 is 1.09 bits per heavy atom. The summed E-state index contributed by atoms with van der Waals surface area (Å²) < 4.78 is 30.9. The van der Waals surface area contributed by atoms with Gasteiger partial charge in [-0.25, -0.2) is 0 Å². The Kier molecular flexibility index (Phi) is 10.4. The van der Waals surface area contributed by atoms with E-state index in [4.69, 9.17) is 23.4 Å². The van der Waals surface area contributed by atoms with E-state index in [1.807, 2.05) is 44.2 Å². The molecule has 0 N–H and O–H groups in total. The highest BCUT2D eigenvalue weighted by molar-refractivity contribution is 6.74. The second-order valence-electron chi connectivity index (χ2n) is 11.6. The first kappa shape index (κ1) is 29.8. The maximum absolute atomic E-state index is 6.63. The Bertz CT molecular complexity index is 824. The second kappa shape index (κ2) is 12.2. The molecular weight excluding hydrogens is 456 g/mol. The van der Waals surface area contributed by atoms with Crippen LogP contribution in [0.1, 0.15) is 60.5 Å². The number of hydrogen-bond donors (Lipinski definition) is 0. The van der Waals surface area contributed by atoms with Gasteiger partial charge < -0.3 is 23.4 Å². The molecule has 1 saturated heterocycles. The van der Waals surface area contributed by atoms with Crippen molar-refractivity contribution in [2.75, 3.05) is 7.11 Å². The molecule has 0 amide bonds. The molecule has 198 valence electrons. The highest BCUT2D eigenvalue weighted by Crippen LogP contribution is 2.38. The summed E-state index contributed by atoms with van der Waals surface area (Å²) in [7, 11) is -0.183. The maximum Gasteiger partial charge on any atom is 0.192 e. The van der Waals surface area contributed by atoms with Gasteiger partial charge in [0.2, 0.25) is 0 Å². The normalized spacial score (nSPS) is 23.3. The third kappa shape index (κ3) is 8.57. The molecule has 1 fully saturated rings. The molecule has 1 aliphatic rings. The van der Waals surface area contributed by atoms with Crippen LogP contribution in [0, 0.1) is 5.92 Å². The monoisotopic (exact) mass is 504 g/mol. The lowest BCUT2D eigenvalue weighted by Crippen LogP contribution is -2.44. The number of rotatable bonds is 12. The minimum atomic E-state index is -1.85. The van der Waals surface area contributed by atoms with E-state index in [0.717, 1.165) is 11.3 Å². The SMILES string of the molecule is C=CC[C@@H]1OC(C)(C)O[C@@H]1C(/C=C\[C@@H](C)[C@H](C)O[Si](C)(C)C(C)(C)C)OCc1ccc(OC)cc1. The third-order valence-electron chi connectivity index (χ3n) is 7.18. The van der Waals surface area contributed by atoms with Gasteiger partial charge in [0.1, 0.15) is 18.0 Å². The van der Waals surface area contributed by atoms with E-state index in [9.17, 15) is 0 Å². The smallest absolute Gasteiger partial charge is 0.192 e. The fraction of sp³-hybridized carbons (Fsp3) is 0.655. The fourth-order valence-electron chi connectivity index (χ4n) is 3.85. The minimum Gasteiger partial charge on any atom is -0.497 e. The van der Waals surface area contributed by atoms with Gasteiger partial charge >= 0.3 is 0 Å². The molecule has 0 saturated carbocycles. The Morgan fingerprint density at radius 2 is 1.71 bits per heavy atom. The van der Waals surface area contributed by atoms with Crippen molar-refractivity contribution < 1.29 is 23.4 Å². The summed E-state index contributed by atoms with van der Waals surface area (Å²) in [5, 5.41) is 0.174. The summed E-state index contributed by atoms with van der Waals surface area (Å²) in [6, 6.07) is 7.94. The topological polar surface area (TPSA) is 46.2 Å². The van der Waals surface area contributed by atoms with Crippen molar-refractivity contribution in [2.24, 2.45) is 5.92 Å². The molecule has 0 aliphatic carbocycles. The number of hydrogen-bond acceptors (Lipinski definition) is 5. The summed E-state index contributed by atoms with van der Waals surface area (Å²) >= 11 is 0. The van der Waals surface area contributed by atoms with Crippen LogP contribution in [0.25, 0.3) is 0 Å². The lowest BCUT2D eigenvalue weighted by atomic mass is 10.0. The Hall–Kier alpha value is -1.44. The van der Waals surface area contributed by atoms with Gasteiger partial charge in [-0.2, -0.15) is 0 Å². The molecule has 1 unspecified atom stereocenters. The molecular formula is C29H48O5Si. The fourth-order valence-corrected chi connectivity index (χ4v) is 5.35. The second-order valence-corrected chi connectivity index (χ2v) is 16.4. The van der Waals surface area contributed by atoms with E-state index in [2.05, 4.69) is 66.4 Å². The predicted molar refractivity (Wildman–Crippen MR) is 146 cm³/mol. The van der Waals surface area contributed by atoms with Crippen LogP contribution in [0.4, 0.5) is 0 Å². The molecule has 1 heterocycles. The average molecular weight is 505 g/mol. The summed E-state index contributed by atoms with van der Waals surface area (Å²) in [4.78, 5) is 0. The zero-order chi connectivity index (χ0) is 26.4. The zero-order valence-corrected chi connectivity index (χ0v) is 24.6. The molecule has 6 heteroatoms. The van der Waals surface area contributed by atoms with E-state index in [-0.39, 0.29) is 35.4 Å². The van der Waals surface area contributed by atoms with Gasteiger partial charge in [-0.15, -0.1) is 6.58 Å². The highest BCUT2D eigenvalue weighted by atomic mass is 28.4. The van der Waals surface area contributed by atoms with Gasteiger partial charge in [0.05, 0.1) is 19.8 Å². The van der Waals surface area contributed by atoms with Gasteiger partial charge in [0.15, 0.2) is 14.1 Å². The van der Waals surface area contributed by atoms with Crippen LogP contribution in [0.2, 0.25) is 18.1 Å². The van der Waals surface area contributed by atoms with Crippen molar-refractivity contribution in [2.45, 2.75) is 110 Å². The lowest BCUT2D eigenvalue weighted by molar-refractivity contribution is -0.156. The van der Waals surface area contributed by atoms with Crippen molar-refractivity contribution in [3.8, 4) is 5.75 Å². The zero-order valence-electron chi connectivity index (χ0n) is 23.6. The van der Waals surface area contributed by atoms with Crippen LogP contribution in [-0.4, -0.2) is 45.6 Å². The first-order chi connectivity index (χ1) is 16.2. The number of methoxy groups -OCH3 is 1. The van der Waals surface area contributed by atoms with Gasteiger partial charge in [0.25, 0.3) is 0 Å². The first-order valence-electron chi connectivity index (χ1n) is 12.8. The van der Waals surface area contributed by atoms with Crippen molar-refractivity contribution >= 4 is 8.32 Å². The van der Waals surface area contributed by atoms with Crippen LogP contribution >= 0.6 is 0 Å². The molecule has 5 nitrogen and oxygen atoms in total. The third-order valence-corrected chi connectivity index (χ3v) is 11.8. The molecule has 5 atom stereocenters. The predicted octanol–water partition coefficient (Wildman–Crippen LogP) is 7.28. The molecule has 0 aromatic heterocycles. The van der Waals surface area contributed by atoms with E-state index in [1.165, 1.54) is 0 Å². The average Bonchev–Trinajstić information content (AvgIpc) is 3.07.